The molecule has 1 saturated heterocycles. The van der Waals surface area contributed by atoms with Gasteiger partial charge in [0.1, 0.15) is 5.75 Å². The first-order valence-corrected chi connectivity index (χ1v) is 11.6. The zero-order valence-electron chi connectivity index (χ0n) is 17.0. The third-order valence-corrected chi connectivity index (χ3v) is 7.57. The molecule has 1 fully saturated rings. The lowest BCUT2D eigenvalue weighted by molar-refractivity contribution is 0.0445. The zero-order valence-corrected chi connectivity index (χ0v) is 17.8. The number of nitrogens with zero attached hydrogens (tertiary/aromatic N) is 2. The van der Waals surface area contributed by atoms with Gasteiger partial charge in [-0.25, -0.2) is 13.6 Å². The number of aromatic hydroxyl groups is 1. The number of hydrogen-bond acceptors (Lipinski definition) is 5. The number of primary sulfonamides is 1. The van der Waals surface area contributed by atoms with E-state index in [2.05, 4.69) is 30.0 Å². The molecule has 1 heterocycles. The molecule has 0 aromatic heterocycles. The van der Waals surface area contributed by atoms with E-state index in [-0.39, 0.29) is 4.90 Å². The molecule has 0 unspecified atom stereocenters. The standard InChI is InChI=1S/C22H29N3O3S/c1-24-12-10-19-20-14-17(26)6-5-16(20)13-21(24)22(19)25(2)11-9-15-3-7-18(8-4-15)29(23,27)28/h3-8,14,19,21-22,26H,9-13H2,1-2H3,(H2,23,27,28)/t19-,21+,22-/m0/s1. The van der Waals surface area contributed by atoms with E-state index in [0.29, 0.717) is 23.8 Å². The molecule has 1 aliphatic heterocycles. The molecule has 1 aliphatic carbocycles. The average molecular weight is 416 g/mol. The minimum absolute atomic E-state index is 0.148. The third-order valence-electron chi connectivity index (χ3n) is 6.64. The second-order valence-electron chi connectivity index (χ2n) is 8.44. The maximum Gasteiger partial charge on any atom is 0.238 e. The van der Waals surface area contributed by atoms with Crippen LogP contribution in [0, 0.1) is 0 Å². The molecule has 3 N–H and O–H groups in total. The van der Waals surface area contributed by atoms with Crippen LogP contribution >= 0.6 is 0 Å². The summed E-state index contributed by atoms with van der Waals surface area (Å²) in [7, 11) is 0.732. The van der Waals surface area contributed by atoms with Crippen LogP contribution in [-0.2, 0) is 22.9 Å². The first kappa shape index (κ1) is 20.3. The molecule has 2 aromatic carbocycles. The van der Waals surface area contributed by atoms with Crippen molar-refractivity contribution in [1.29, 1.82) is 0 Å². The molecule has 0 spiro atoms. The second kappa shape index (κ2) is 7.72. The van der Waals surface area contributed by atoms with Crippen LogP contribution in [0.4, 0.5) is 0 Å². The number of phenols is 1. The maximum absolute atomic E-state index is 11.4. The Labute approximate surface area is 173 Å². The van der Waals surface area contributed by atoms with Gasteiger partial charge >= 0.3 is 0 Å². The molecule has 3 atom stereocenters. The van der Waals surface area contributed by atoms with E-state index in [1.165, 1.54) is 11.1 Å². The van der Waals surface area contributed by atoms with Crippen LogP contribution in [0.3, 0.4) is 0 Å². The van der Waals surface area contributed by atoms with Gasteiger partial charge in [-0.3, -0.25) is 0 Å². The lowest BCUT2D eigenvalue weighted by Gasteiger charge is -2.51. The van der Waals surface area contributed by atoms with Crippen molar-refractivity contribution in [3.8, 4) is 5.75 Å². The van der Waals surface area contributed by atoms with Crippen LogP contribution in [0.15, 0.2) is 47.4 Å². The van der Waals surface area contributed by atoms with Crippen molar-refractivity contribution in [1.82, 2.24) is 9.80 Å². The summed E-state index contributed by atoms with van der Waals surface area (Å²) >= 11 is 0. The molecule has 29 heavy (non-hydrogen) atoms. The molecule has 6 nitrogen and oxygen atoms in total. The lowest BCUT2D eigenvalue weighted by Crippen LogP contribution is -2.59. The van der Waals surface area contributed by atoms with E-state index in [0.717, 1.165) is 37.9 Å². The molecular weight excluding hydrogens is 386 g/mol. The van der Waals surface area contributed by atoms with Crippen molar-refractivity contribution in [2.75, 3.05) is 27.2 Å². The second-order valence-corrected chi connectivity index (χ2v) is 10.0. The van der Waals surface area contributed by atoms with Gasteiger partial charge in [-0.1, -0.05) is 18.2 Å². The van der Waals surface area contributed by atoms with Crippen LogP contribution in [0.1, 0.15) is 29.0 Å². The number of hydrogen-bond donors (Lipinski definition) is 2. The Morgan fingerprint density at radius 2 is 1.93 bits per heavy atom. The fourth-order valence-electron chi connectivity index (χ4n) is 5.06. The van der Waals surface area contributed by atoms with E-state index in [1.54, 1.807) is 18.2 Å². The summed E-state index contributed by atoms with van der Waals surface area (Å²) in [5.74, 6) is 0.763. The normalized spacial score (nSPS) is 24.5. The van der Waals surface area contributed by atoms with Crippen LogP contribution < -0.4 is 5.14 Å². The number of likely N-dealkylation sites (tertiary alicyclic amines) is 1. The Kier molecular flexibility index (Phi) is 5.42. The van der Waals surface area contributed by atoms with Crippen molar-refractivity contribution >= 4 is 10.0 Å². The average Bonchev–Trinajstić information content (AvgIpc) is 2.68. The number of phenolic OH excluding ortho intramolecular Hbond substituents is 1. The number of likely N-dealkylation sites (N-methyl/N-ethyl adjacent to an activating group) is 2. The van der Waals surface area contributed by atoms with Gasteiger partial charge in [0.2, 0.25) is 10.0 Å². The minimum atomic E-state index is -3.65. The molecular formula is C22H29N3O3S. The van der Waals surface area contributed by atoms with Crippen molar-refractivity contribution in [3.05, 3.63) is 59.2 Å². The number of fused-ring (bicyclic) bond motifs is 4. The van der Waals surface area contributed by atoms with E-state index in [9.17, 15) is 13.5 Å². The fourth-order valence-corrected chi connectivity index (χ4v) is 5.58. The summed E-state index contributed by atoms with van der Waals surface area (Å²) in [5.41, 5.74) is 3.74. The summed E-state index contributed by atoms with van der Waals surface area (Å²) < 4.78 is 22.9. The van der Waals surface area contributed by atoms with Crippen LogP contribution in [-0.4, -0.2) is 62.6 Å². The highest BCUT2D eigenvalue weighted by Gasteiger charge is 2.43. The van der Waals surface area contributed by atoms with Crippen molar-refractivity contribution < 1.29 is 13.5 Å². The summed E-state index contributed by atoms with van der Waals surface area (Å²) in [5, 5.41) is 15.2. The number of benzene rings is 2. The summed E-state index contributed by atoms with van der Waals surface area (Å²) in [6.45, 7) is 1.96. The minimum Gasteiger partial charge on any atom is -0.508 e. The van der Waals surface area contributed by atoms with Gasteiger partial charge in [-0.2, -0.15) is 0 Å². The summed E-state index contributed by atoms with van der Waals surface area (Å²) in [6, 6.07) is 13.5. The Bertz CT molecular complexity index is 991. The van der Waals surface area contributed by atoms with E-state index >= 15 is 0 Å². The summed E-state index contributed by atoms with van der Waals surface area (Å²) in [4.78, 5) is 5.05. The monoisotopic (exact) mass is 415 g/mol. The highest BCUT2D eigenvalue weighted by molar-refractivity contribution is 7.89. The molecule has 0 amide bonds. The highest BCUT2D eigenvalue weighted by atomic mass is 32.2. The molecule has 7 heteroatoms. The Morgan fingerprint density at radius 1 is 1.21 bits per heavy atom. The Hall–Kier alpha value is -1.93. The van der Waals surface area contributed by atoms with Crippen LogP contribution in [0.5, 0.6) is 5.75 Å². The number of sulfonamides is 1. The number of rotatable bonds is 5. The predicted octanol–water partition coefficient (Wildman–Crippen LogP) is 1.93. The van der Waals surface area contributed by atoms with Crippen molar-refractivity contribution in [2.45, 2.75) is 42.2 Å². The molecule has 2 aliphatic rings. The van der Waals surface area contributed by atoms with Gasteiger partial charge in [0.15, 0.2) is 0 Å². The van der Waals surface area contributed by atoms with Gasteiger partial charge in [0, 0.05) is 24.5 Å². The highest BCUT2D eigenvalue weighted by Crippen LogP contribution is 2.42. The van der Waals surface area contributed by atoms with Crippen LogP contribution in [0.25, 0.3) is 0 Å². The molecule has 2 aromatic rings. The maximum atomic E-state index is 11.4. The summed E-state index contributed by atoms with van der Waals surface area (Å²) in [6.07, 6.45) is 2.93. The smallest absolute Gasteiger partial charge is 0.238 e. The zero-order chi connectivity index (χ0) is 20.8. The Balaban J connectivity index is 1.51. The topological polar surface area (TPSA) is 86.9 Å². The lowest BCUT2D eigenvalue weighted by atomic mass is 9.71. The Morgan fingerprint density at radius 3 is 2.62 bits per heavy atom. The van der Waals surface area contributed by atoms with E-state index < -0.39 is 10.0 Å². The van der Waals surface area contributed by atoms with E-state index in [1.807, 2.05) is 18.2 Å². The van der Waals surface area contributed by atoms with Gasteiger partial charge in [-0.15, -0.1) is 0 Å². The number of nitrogens with two attached hydrogens (primary N) is 1. The first-order valence-electron chi connectivity index (χ1n) is 10.1. The SMILES string of the molecule is CN(CCc1ccc(S(N)(=O)=O)cc1)[C@@H]1[C@H]2Cc3ccc(O)cc3[C@@H]1CCN2C. The van der Waals surface area contributed by atoms with Crippen molar-refractivity contribution in [3.63, 3.8) is 0 Å². The third kappa shape index (κ3) is 4.05. The first-order chi connectivity index (χ1) is 13.7. The predicted molar refractivity (Wildman–Crippen MR) is 114 cm³/mol. The van der Waals surface area contributed by atoms with Gasteiger partial charge in [0.05, 0.1) is 4.90 Å². The van der Waals surface area contributed by atoms with Gasteiger partial charge in [-0.05, 0) is 80.9 Å². The molecule has 4 rings (SSSR count). The number of piperidine rings is 1. The fraction of sp³-hybridized carbons (Fsp3) is 0.455. The molecule has 0 saturated carbocycles. The largest absolute Gasteiger partial charge is 0.508 e. The molecule has 2 bridgehead atoms. The quantitative estimate of drug-likeness (QED) is 0.779. The molecule has 0 radical (unpaired) electrons. The van der Waals surface area contributed by atoms with E-state index in [4.69, 9.17) is 5.14 Å². The molecule has 156 valence electrons. The van der Waals surface area contributed by atoms with Crippen LogP contribution in [0.2, 0.25) is 0 Å². The van der Waals surface area contributed by atoms with Gasteiger partial charge in [0.25, 0.3) is 0 Å². The van der Waals surface area contributed by atoms with Crippen molar-refractivity contribution in [2.24, 2.45) is 5.14 Å². The van der Waals surface area contributed by atoms with Gasteiger partial charge < -0.3 is 14.9 Å².